The Hall–Kier alpha value is -3.19. The van der Waals surface area contributed by atoms with Crippen LogP contribution in [0.3, 0.4) is 0 Å². The predicted molar refractivity (Wildman–Crippen MR) is 125 cm³/mol. The van der Waals surface area contributed by atoms with Crippen molar-refractivity contribution >= 4 is 33.4 Å². The molecule has 0 aliphatic rings. The molecule has 166 valence electrons. The summed E-state index contributed by atoms with van der Waals surface area (Å²) in [6.45, 7) is 0.560. The molecule has 0 radical (unpaired) electrons. The molecule has 3 aromatic rings. The Balaban J connectivity index is 1.81. The number of alkyl halides is 1. The van der Waals surface area contributed by atoms with E-state index >= 15 is 0 Å². The topological polar surface area (TPSA) is 64.6 Å². The van der Waals surface area contributed by atoms with Gasteiger partial charge in [0.15, 0.2) is 5.78 Å². The van der Waals surface area contributed by atoms with Gasteiger partial charge in [-0.1, -0.05) is 40.2 Å². The molecule has 0 bridgehead atoms. The first kappa shape index (κ1) is 23.5. The quantitative estimate of drug-likeness (QED) is 0.241. The summed E-state index contributed by atoms with van der Waals surface area (Å²) in [4.78, 5) is 25.5. The Bertz CT molecular complexity index is 1050. The van der Waals surface area contributed by atoms with Gasteiger partial charge < -0.3 is 14.8 Å². The van der Waals surface area contributed by atoms with Crippen LogP contribution in [-0.4, -0.2) is 36.8 Å². The molecule has 0 aromatic heterocycles. The molecule has 0 heterocycles. The minimum absolute atomic E-state index is 0.273. The van der Waals surface area contributed by atoms with Gasteiger partial charge in [-0.3, -0.25) is 4.79 Å². The second-order valence-corrected chi connectivity index (χ2v) is 7.78. The number of benzene rings is 3. The van der Waals surface area contributed by atoms with Gasteiger partial charge in [-0.05, 0) is 54.1 Å². The van der Waals surface area contributed by atoms with Crippen molar-refractivity contribution in [2.75, 3.05) is 24.4 Å². The first-order valence-corrected chi connectivity index (χ1v) is 11.2. The van der Waals surface area contributed by atoms with E-state index in [0.29, 0.717) is 29.8 Å². The zero-order valence-corrected chi connectivity index (χ0v) is 19.1. The molecule has 3 aromatic carbocycles. The molecule has 5 nitrogen and oxygen atoms in total. The zero-order chi connectivity index (χ0) is 22.9. The number of methoxy groups -OCH3 is 1. The average Bonchev–Trinajstić information content (AvgIpc) is 2.83. The van der Waals surface area contributed by atoms with Crippen LogP contribution in [0.25, 0.3) is 0 Å². The van der Waals surface area contributed by atoms with Gasteiger partial charge >= 0.3 is 5.97 Å². The minimum Gasteiger partial charge on any atom is -0.493 e. The standard InChI is InChI=1S/C25H23BrFNO4/c1-31-25(30)23(16-17-6-12-20(13-7-17)32-15-14-26)28-22-5-3-2-4-21(22)24(29)18-8-10-19(27)11-9-18/h2-13,23,28H,14-16H2,1H3/t23-/m0/s1. The lowest BCUT2D eigenvalue weighted by Gasteiger charge is -2.20. The third kappa shape index (κ3) is 6.17. The molecule has 0 spiro atoms. The molecular weight excluding hydrogens is 477 g/mol. The van der Waals surface area contributed by atoms with Crippen molar-refractivity contribution in [1.29, 1.82) is 0 Å². The first-order chi connectivity index (χ1) is 15.5. The number of para-hydroxylation sites is 1. The number of carbonyl (C=O) groups is 2. The first-order valence-electron chi connectivity index (χ1n) is 10.0. The Kier molecular flexibility index (Phi) is 8.39. The summed E-state index contributed by atoms with van der Waals surface area (Å²) in [6.07, 6.45) is 0.352. The minimum atomic E-state index is -0.712. The lowest BCUT2D eigenvalue weighted by Crippen LogP contribution is -2.33. The number of ether oxygens (including phenoxy) is 2. The van der Waals surface area contributed by atoms with Gasteiger partial charge in [-0.2, -0.15) is 0 Å². The Morgan fingerprint density at radius 2 is 1.69 bits per heavy atom. The summed E-state index contributed by atoms with van der Waals surface area (Å²) in [6, 6.07) is 19.0. The average molecular weight is 500 g/mol. The Labute approximate surface area is 194 Å². The second-order valence-electron chi connectivity index (χ2n) is 6.99. The number of hydrogen-bond donors (Lipinski definition) is 1. The number of rotatable bonds is 10. The van der Waals surface area contributed by atoms with Crippen LogP contribution in [0.2, 0.25) is 0 Å². The molecule has 32 heavy (non-hydrogen) atoms. The van der Waals surface area contributed by atoms with Crippen LogP contribution in [0.5, 0.6) is 5.75 Å². The fraction of sp³-hybridized carbons (Fsp3) is 0.200. The molecule has 7 heteroatoms. The van der Waals surface area contributed by atoms with Gasteiger partial charge in [-0.25, -0.2) is 9.18 Å². The Morgan fingerprint density at radius 3 is 2.34 bits per heavy atom. The number of ketones is 1. The van der Waals surface area contributed by atoms with Crippen molar-refractivity contribution in [3.8, 4) is 5.75 Å². The third-order valence-corrected chi connectivity index (χ3v) is 5.13. The van der Waals surface area contributed by atoms with Crippen molar-refractivity contribution in [2.24, 2.45) is 0 Å². The molecule has 0 fully saturated rings. The van der Waals surface area contributed by atoms with Crippen LogP contribution in [0, 0.1) is 5.82 Å². The highest BCUT2D eigenvalue weighted by molar-refractivity contribution is 9.09. The van der Waals surface area contributed by atoms with Gasteiger partial charge in [-0.15, -0.1) is 0 Å². The number of esters is 1. The molecule has 0 aliphatic carbocycles. The normalized spacial score (nSPS) is 11.5. The van der Waals surface area contributed by atoms with E-state index in [1.807, 2.05) is 24.3 Å². The maximum Gasteiger partial charge on any atom is 0.328 e. The molecular formula is C25H23BrFNO4. The van der Waals surface area contributed by atoms with Crippen LogP contribution >= 0.6 is 15.9 Å². The van der Waals surface area contributed by atoms with Gasteiger partial charge in [0.05, 0.1) is 13.7 Å². The molecule has 0 aliphatic heterocycles. The van der Waals surface area contributed by atoms with E-state index in [4.69, 9.17) is 9.47 Å². The number of hydrogen-bond acceptors (Lipinski definition) is 5. The lowest BCUT2D eigenvalue weighted by atomic mass is 10.00. The smallest absolute Gasteiger partial charge is 0.328 e. The highest BCUT2D eigenvalue weighted by Gasteiger charge is 2.22. The van der Waals surface area contributed by atoms with Gasteiger partial charge in [0.2, 0.25) is 0 Å². The van der Waals surface area contributed by atoms with Crippen LogP contribution in [-0.2, 0) is 16.0 Å². The highest BCUT2D eigenvalue weighted by atomic mass is 79.9. The summed E-state index contributed by atoms with van der Waals surface area (Å²) in [7, 11) is 1.32. The SMILES string of the molecule is COC(=O)[C@H](Cc1ccc(OCCBr)cc1)Nc1ccccc1C(=O)c1ccc(F)cc1. The van der Waals surface area contributed by atoms with E-state index in [9.17, 15) is 14.0 Å². The number of anilines is 1. The van der Waals surface area contributed by atoms with Crippen LogP contribution in [0.15, 0.2) is 72.8 Å². The fourth-order valence-corrected chi connectivity index (χ4v) is 3.36. The lowest BCUT2D eigenvalue weighted by molar-refractivity contribution is -0.141. The monoisotopic (exact) mass is 499 g/mol. The maximum absolute atomic E-state index is 13.2. The molecule has 0 unspecified atom stereocenters. The van der Waals surface area contributed by atoms with Crippen LogP contribution in [0.1, 0.15) is 21.5 Å². The van der Waals surface area contributed by atoms with E-state index < -0.39 is 17.8 Å². The van der Waals surface area contributed by atoms with Crippen LogP contribution in [0.4, 0.5) is 10.1 Å². The summed E-state index contributed by atoms with van der Waals surface area (Å²) >= 11 is 3.32. The summed E-state index contributed by atoms with van der Waals surface area (Å²) in [5.74, 6) is -0.396. The van der Waals surface area contributed by atoms with Crippen molar-refractivity contribution in [3.05, 3.63) is 95.3 Å². The maximum atomic E-state index is 13.2. The van der Waals surface area contributed by atoms with E-state index in [1.165, 1.54) is 31.4 Å². The van der Waals surface area contributed by atoms with E-state index in [-0.39, 0.29) is 5.78 Å². The summed E-state index contributed by atoms with van der Waals surface area (Å²) in [5.41, 5.74) is 2.14. The van der Waals surface area contributed by atoms with Crippen molar-refractivity contribution in [3.63, 3.8) is 0 Å². The summed E-state index contributed by atoms with van der Waals surface area (Å²) in [5, 5.41) is 3.89. The molecule has 3 rings (SSSR count). The largest absolute Gasteiger partial charge is 0.493 e. The van der Waals surface area contributed by atoms with Crippen molar-refractivity contribution in [2.45, 2.75) is 12.5 Å². The Morgan fingerprint density at radius 1 is 1.00 bits per heavy atom. The second kappa shape index (κ2) is 11.4. The molecule has 0 saturated heterocycles. The highest BCUT2D eigenvalue weighted by Crippen LogP contribution is 2.22. The third-order valence-electron chi connectivity index (χ3n) is 4.80. The number of carbonyl (C=O) groups excluding carboxylic acids is 2. The van der Waals surface area contributed by atoms with Crippen LogP contribution < -0.4 is 10.1 Å². The summed E-state index contributed by atoms with van der Waals surface area (Å²) < 4.78 is 23.8. The van der Waals surface area contributed by atoms with Crippen molar-refractivity contribution < 1.29 is 23.5 Å². The van der Waals surface area contributed by atoms with E-state index in [2.05, 4.69) is 21.2 Å². The van der Waals surface area contributed by atoms with Gasteiger partial charge in [0.25, 0.3) is 0 Å². The molecule has 0 saturated carbocycles. The van der Waals surface area contributed by atoms with Gasteiger partial charge in [0, 0.05) is 28.6 Å². The van der Waals surface area contributed by atoms with E-state index in [1.54, 1.807) is 24.3 Å². The number of nitrogens with one attached hydrogen (secondary N) is 1. The van der Waals surface area contributed by atoms with Gasteiger partial charge in [0.1, 0.15) is 17.6 Å². The molecule has 0 amide bonds. The predicted octanol–water partition coefficient (Wildman–Crippen LogP) is 5.03. The fourth-order valence-electron chi connectivity index (χ4n) is 3.20. The zero-order valence-electron chi connectivity index (χ0n) is 17.5. The number of halogens is 2. The molecule has 1 atom stereocenters. The van der Waals surface area contributed by atoms with Crippen molar-refractivity contribution in [1.82, 2.24) is 0 Å². The molecule has 1 N–H and O–H groups in total. The van der Waals surface area contributed by atoms with E-state index in [0.717, 1.165) is 16.6 Å².